The van der Waals surface area contributed by atoms with Crippen LogP contribution in [-0.4, -0.2) is 23.7 Å². The Morgan fingerprint density at radius 2 is 1.97 bits per heavy atom. The molecule has 0 atom stereocenters. The van der Waals surface area contributed by atoms with Crippen LogP contribution in [0.4, 0.5) is 13.2 Å². The third kappa shape index (κ3) is 6.46. The second-order valence-corrected chi connectivity index (χ2v) is 8.22. The largest absolute Gasteiger partial charge is 0.416 e. The summed E-state index contributed by atoms with van der Waals surface area (Å²) in [6.07, 6.45) is -22.8. The molecular formula is C29H37F3N2O. The van der Waals surface area contributed by atoms with Crippen molar-refractivity contribution in [2.45, 2.75) is 84.1 Å². The normalized spacial score (nSPS) is 40.3. The fourth-order valence-electron chi connectivity index (χ4n) is 3.63. The number of oxime groups is 1. The van der Waals surface area contributed by atoms with Gasteiger partial charge in [-0.15, -0.1) is 0 Å². The number of hydrogen-bond acceptors (Lipinski definition) is 3. The number of likely N-dealkylation sites (tertiary alicyclic amines) is 1. The topological polar surface area (TPSA) is 24.8 Å². The molecule has 0 N–H and O–H groups in total. The number of alkyl halides is 3. The van der Waals surface area contributed by atoms with Crippen molar-refractivity contribution in [3.63, 3.8) is 0 Å². The molecule has 1 saturated carbocycles. The first-order chi connectivity index (χ1) is 23.6. The highest BCUT2D eigenvalue weighted by Crippen LogP contribution is 2.42. The highest BCUT2D eigenvalue weighted by atomic mass is 19.4. The standard InChI is InChI=1S/C29H37F3N2O/c1-4-23-17-25(11-12-26(23)18-34-14-5-15-34)21(3)33-35-19-22-8-13-27(28(16-22)29(30,31)32)24-9-6-20(2)7-10-24/h8,11-13,16-17,20,24H,4-7,9-10,14-15,18-19H2,1-3H3/b33-21+/i1D3,3D3,4D2,6D2,7D2,9D2,10D2,20D,24D. The molecule has 1 saturated heterocycles. The molecule has 1 aliphatic carbocycles. The average Bonchev–Trinajstić information content (AvgIpc) is 2.98. The van der Waals surface area contributed by atoms with E-state index in [1.807, 2.05) is 4.90 Å². The molecule has 190 valence electrons. The van der Waals surface area contributed by atoms with Crippen LogP contribution in [0.3, 0.4) is 0 Å². The molecule has 2 aromatic carbocycles. The molecule has 0 unspecified atom stereocenters. The monoisotopic (exact) mass is 504 g/mol. The maximum Gasteiger partial charge on any atom is 0.416 e. The predicted octanol–water partition coefficient (Wildman–Crippen LogP) is 7.71. The number of benzene rings is 2. The Labute approximate surface area is 232 Å². The minimum absolute atomic E-state index is 0.180. The minimum Gasteiger partial charge on any atom is -0.391 e. The molecule has 4 rings (SSSR count). The molecule has 1 heterocycles. The summed E-state index contributed by atoms with van der Waals surface area (Å²) in [6, 6.07) is 5.25. The number of nitrogens with zero attached hydrogens (tertiary/aromatic N) is 2. The minimum atomic E-state index is -5.46. The lowest BCUT2D eigenvalue weighted by molar-refractivity contribution is -0.138. The first-order valence-corrected chi connectivity index (χ1v) is 10.9. The number of aryl methyl sites for hydroxylation is 1. The van der Waals surface area contributed by atoms with Crippen LogP contribution < -0.4 is 0 Å². The summed E-state index contributed by atoms with van der Waals surface area (Å²) in [5.41, 5.74) is -4.85. The molecule has 3 nitrogen and oxygen atoms in total. The molecule has 0 spiro atoms. The Morgan fingerprint density at radius 3 is 2.63 bits per heavy atom. The summed E-state index contributed by atoms with van der Waals surface area (Å²) < 4.78 is 192. The summed E-state index contributed by atoms with van der Waals surface area (Å²) in [5, 5.41) is 3.60. The average molecular weight is 505 g/mol. The number of rotatable bonds is 8. The molecule has 2 fully saturated rings. The smallest absolute Gasteiger partial charge is 0.391 e. The SMILES string of the molecule is [2H]C([2H])([2H])/C(=N\OCc1ccc(C2([2H])C([2H])([2H])C([2H])([2H])C([2H])(C)C([2H])([2H])C2([2H])[2H])c(C(F)(F)F)c1)c1ccc(CN2CCC2)c(C([2H])([2H])C([2H])([2H])[2H])c1. The van der Waals surface area contributed by atoms with Gasteiger partial charge in [-0.05, 0) is 97.2 Å². The lowest BCUT2D eigenvalue weighted by Crippen LogP contribution is -2.36. The Kier molecular flexibility index (Phi) is 3.62. The quantitative estimate of drug-likeness (QED) is 0.272. The van der Waals surface area contributed by atoms with Gasteiger partial charge < -0.3 is 4.84 Å². The van der Waals surface area contributed by atoms with Crippen molar-refractivity contribution in [3.05, 3.63) is 69.8 Å². The van der Waals surface area contributed by atoms with Crippen LogP contribution in [0.5, 0.6) is 0 Å². The molecule has 0 bridgehead atoms. The van der Waals surface area contributed by atoms with E-state index in [1.165, 1.54) is 12.1 Å². The molecule has 2 aliphatic rings. The van der Waals surface area contributed by atoms with Gasteiger partial charge in [0.05, 0.1) is 11.3 Å². The van der Waals surface area contributed by atoms with Gasteiger partial charge in [0.25, 0.3) is 0 Å². The summed E-state index contributed by atoms with van der Waals surface area (Å²) in [7, 11) is 0. The molecule has 6 heteroatoms. The van der Waals surface area contributed by atoms with Crippen LogP contribution in [0.25, 0.3) is 0 Å². The Bertz CT molecular complexity index is 1720. The Balaban J connectivity index is 1.79. The van der Waals surface area contributed by atoms with Gasteiger partial charge in [-0.2, -0.15) is 13.2 Å². The molecule has 2 aromatic rings. The van der Waals surface area contributed by atoms with Crippen molar-refractivity contribution >= 4 is 5.71 Å². The van der Waals surface area contributed by atoms with E-state index >= 15 is 0 Å². The van der Waals surface area contributed by atoms with Gasteiger partial charge in [0.2, 0.25) is 0 Å². The second kappa shape index (κ2) is 11.2. The van der Waals surface area contributed by atoms with Crippen molar-refractivity contribution in [2.24, 2.45) is 11.0 Å². The van der Waals surface area contributed by atoms with Crippen molar-refractivity contribution < 1.29 is 42.7 Å². The highest BCUT2D eigenvalue weighted by molar-refractivity contribution is 5.98. The number of halogens is 3. The maximum atomic E-state index is 14.6. The summed E-state index contributed by atoms with van der Waals surface area (Å²) in [4.78, 5) is 7.06. The third-order valence-electron chi connectivity index (χ3n) is 5.66. The van der Waals surface area contributed by atoms with Gasteiger partial charge in [-0.25, -0.2) is 0 Å². The van der Waals surface area contributed by atoms with E-state index in [1.54, 1.807) is 0 Å². The van der Waals surface area contributed by atoms with Gasteiger partial charge in [0, 0.05) is 31.2 Å². The summed E-state index contributed by atoms with van der Waals surface area (Å²) in [6.45, 7) is -5.04. The number of hydrogen-bond donors (Lipinski definition) is 0. The second-order valence-electron chi connectivity index (χ2n) is 8.22. The van der Waals surface area contributed by atoms with Crippen LogP contribution in [0.15, 0.2) is 41.6 Å². The van der Waals surface area contributed by atoms with Crippen LogP contribution in [0.2, 0.25) is 0 Å². The molecule has 0 radical (unpaired) electrons. The van der Waals surface area contributed by atoms with Gasteiger partial charge in [0.1, 0.15) is 6.61 Å². The van der Waals surface area contributed by atoms with Crippen molar-refractivity contribution in [1.82, 2.24) is 4.90 Å². The van der Waals surface area contributed by atoms with Crippen molar-refractivity contribution in [1.29, 1.82) is 0 Å². The zero-order chi connectivity index (χ0) is 40.8. The fourth-order valence-corrected chi connectivity index (χ4v) is 3.63. The van der Waals surface area contributed by atoms with Gasteiger partial charge in [-0.3, -0.25) is 4.90 Å². The van der Waals surface area contributed by atoms with Crippen LogP contribution in [-0.2, 0) is 30.5 Å². The molecule has 35 heavy (non-hydrogen) atoms. The van der Waals surface area contributed by atoms with Crippen LogP contribution >= 0.6 is 0 Å². The van der Waals surface area contributed by atoms with E-state index < -0.39 is 92.5 Å². The van der Waals surface area contributed by atoms with Gasteiger partial charge in [-0.1, -0.05) is 55.9 Å². The zero-order valence-corrected chi connectivity index (χ0v) is 18.9. The Morgan fingerprint density at radius 1 is 1.17 bits per heavy atom. The van der Waals surface area contributed by atoms with E-state index in [-0.39, 0.29) is 23.2 Å². The van der Waals surface area contributed by atoms with E-state index in [0.29, 0.717) is 32.1 Å². The van der Waals surface area contributed by atoms with Crippen LogP contribution in [0, 0.1) is 5.89 Å². The third-order valence-corrected chi connectivity index (χ3v) is 5.66. The molecule has 0 amide bonds. The summed E-state index contributed by atoms with van der Waals surface area (Å²) >= 11 is 0. The molecule has 1 aliphatic heterocycles. The first-order valence-electron chi connectivity index (χ1n) is 19.9. The zero-order valence-electron chi connectivity index (χ0n) is 36.9. The summed E-state index contributed by atoms with van der Waals surface area (Å²) in [5.74, 6) is -7.14. The van der Waals surface area contributed by atoms with Crippen LogP contribution in [0.1, 0.15) is 116 Å². The van der Waals surface area contributed by atoms with E-state index in [2.05, 4.69) is 5.16 Å². The highest BCUT2D eigenvalue weighted by Gasteiger charge is 2.36. The maximum absolute atomic E-state index is 14.6. The van der Waals surface area contributed by atoms with Gasteiger partial charge in [0.15, 0.2) is 0 Å². The van der Waals surface area contributed by atoms with Crippen molar-refractivity contribution in [2.75, 3.05) is 13.1 Å². The molecule has 0 aromatic heterocycles. The lowest BCUT2D eigenvalue weighted by atomic mass is 9.78. The molecular weight excluding hydrogens is 449 g/mol. The van der Waals surface area contributed by atoms with E-state index in [0.717, 1.165) is 18.6 Å². The van der Waals surface area contributed by atoms with Gasteiger partial charge >= 0.3 is 6.18 Å². The predicted molar refractivity (Wildman–Crippen MR) is 135 cm³/mol. The lowest BCUT2D eigenvalue weighted by Gasteiger charge is -2.31. The fraction of sp³-hybridized carbons (Fsp3) is 0.552. The van der Waals surface area contributed by atoms with E-state index in [4.69, 9.17) is 29.5 Å². The van der Waals surface area contributed by atoms with Crippen molar-refractivity contribution in [3.8, 4) is 0 Å². The first kappa shape index (κ1) is 11.4. The van der Waals surface area contributed by atoms with E-state index in [9.17, 15) is 13.2 Å². The Hall–Kier alpha value is -2.34.